The molecule has 2 nitrogen and oxygen atoms in total. The summed E-state index contributed by atoms with van der Waals surface area (Å²) in [6, 6.07) is -1.20. The van der Waals surface area contributed by atoms with Crippen LogP contribution in [0.15, 0.2) is 0 Å². The van der Waals surface area contributed by atoms with Gasteiger partial charge < -0.3 is 8.85 Å². The summed E-state index contributed by atoms with van der Waals surface area (Å²) in [6.07, 6.45) is -9.72. The van der Waals surface area contributed by atoms with E-state index < -0.39 is 57.5 Å². The van der Waals surface area contributed by atoms with Crippen LogP contribution >= 0.6 is 0 Å². The van der Waals surface area contributed by atoms with Gasteiger partial charge in [0.2, 0.25) is 0 Å². The second-order valence-electron chi connectivity index (χ2n) is 4.78. The van der Waals surface area contributed by atoms with E-state index in [0.29, 0.717) is 0 Å². The molecule has 0 aromatic heterocycles. The molecule has 0 spiro atoms. The number of rotatable bonds is 9. The zero-order chi connectivity index (χ0) is 21.4. The zero-order valence-electron chi connectivity index (χ0n) is 12.6. The van der Waals surface area contributed by atoms with Gasteiger partial charge >= 0.3 is 45.1 Å². The highest BCUT2D eigenvalue weighted by Crippen LogP contribution is 2.60. The average molecular weight is 437 g/mol. The second-order valence-corrected chi connectivity index (χ2v) is 6.84. The van der Waals surface area contributed by atoms with Crippen LogP contribution in [0.1, 0.15) is 6.42 Å². The fourth-order valence-electron chi connectivity index (χ4n) is 1.51. The van der Waals surface area contributed by atoms with Crippen LogP contribution in [-0.2, 0) is 8.85 Å². The lowest BCUT2D eigenvalue weighted by Gasteiger charge is -2.39. The molecule has 0 fully saturated rings. The van der Waals surface area contributed by atoms with Crippen molar-refractivity contribution in [2.45, 2.75) is 48.3 Å². The van der Waals surface area contributed by atoms with Crippen LogP contribution < -0.4 is 0 Å². The number of alkyl halides is 13. The lowest BCUT2D eigenvalue weighted by Crippen LogP contribution is -2.70. The molecule has 0 bridgehead atoms. The van der Waals surface area contributed by atoms with E-state index >= 15 is 0 Å². The van der Waals surface area contributed by atoms with E-state index in [1.165, 1.54) is 0 Å². The van der Waals surface area contributed by atoms with E-state index in [4.69, 9.17) is 0 Å². The maximum Gasteiger partial charge on any atom is 0.460 e. The lowest BCUT2D eigenvalue weighted by atomic mass is 9.93. The first-order valence-electron chi connectivity index (χ1n) is 6.14. The van der Waals surface area contributed by atoms with Crippen molar-refractivity contribution in [1.82, 2.24) is 0 Å². The first-order chi connectivity index (χ1) is 11.2. The Bertz CT molecular complexity index is 472. The highest BCUT2D eigenvalue weighted by Gasteiger charge is 2.90. The Labute approximate surface area is 139 Å². The summed E-state index contributed by atoms with van der Waals surface area (Å²) in [5, 5.41) is 0. The summed E-state index contributed by atoms with van der Waals surface area (Å²) in [5.41, 5.74) is 0. The van der Waals surface area contributed by atoms with Gasteiger partial charge in [0.15, 0.2) is 0 Å². The van der Waals surface area contributed by atoms with Gasteiger partial charge in [-0.25, -0.2) is 0 Å². The molecule has 0 saturated carbocycles. The van der Waals surface area contributed by atoms with Gasteiger partial charge in [-0.3, -0.25) is 0 Å². The van der Waals surface area contributed by atoms with Crippen molar-refractivity contribution in [3.8, 4) is 0 Å². The lowest BCUT2D eigenvalue weighted by molar-refractivity contribution is -0.440. The molecule has 0 rings (SSSR count). The Balaban J connectivity index is 5.92. The van der Waals surface area contributed by atoms with E-state index in [0.717, 1.165) is 14.2 Å². The average Bonchev–Trinajstić information content (AvgIpc) is 2.46. The molecular formula is C10H10F13O2Si. The Morgan fingerprint density at radius 2 is 0.923 bits per heavy atom. The molecule has 0 aromatic carbocycles. The van der Waals surface area contributed by atoms with Crippen LogP contribution in [-0.4, -0.2) is 59.3 Å². The molecule has 0 heterocycles. The molecule has 0 aliphatic rings. The monoisotopic (exact) mass is 437 g/mol. The Morgan fingerprint density at radius 1 is 0.577 bits per heavy atom. The topological polar surface area (TPSA) is 18.5 Å². The van der Waals surface area contributed by atoms with Gasteiger partial charge in [0.1, 0.15) is 0 Å². The van der Waals surface area contributed by atoms with Gasteiger partial charge in [0, 0.05) is 20.6 Å². The van der Waals surface area contributed by atoms with E-state index in [2.05, 4.69) is 8.85 Å². The fourth-order valence-corrected chi connectivity index (χ4v) is 2.60. The highest BCUT2D eigenvalue weighted by atomic mass is 28.3. The fraction of sp³-hybridized carbons (Fsp3) is 1.00. The molecule has 0 unspecified atom stereocenters. The molecule has 0 aliphatic carbocycles. The van der Waals surface area contributed by atoms with E-state index in [1.807, 2.05) is 0 Å². The molecule has 0 aliphatic heterocycles. The van der Waals surface area contributed by atoms with Crippen LogP contribution in [0.5, 0.6) is 0 Å². The minimum atomic E-state index is -7.87. The SMILES string of the molecule is CO[Si](CCC(F)(F)C(F)(F)C(F)(F)C(F)(F)C(F)(F)C(F)(F)F)OC. The summed E-state index contributed by atoms with van der Waals surface area (Å²) in [7, 11) is -1.02. The summed E-state index contributed by atoms with van der Waals surface area (Å²) >= 11 is 0. The summed E-state index contributed by atoms with van der Waals surface area (Å²) in [6.45, 7) is 0. The van der Waals surface area contributed by atoms with Gasteiger partial charge in [-0.15, -0.1) is 0 Å². The number of hydrogen-bond donors (Lipinski definition) is 0. The largest absolute Gasteiger partial charge is 0.460 e. The molecule has 0 atom stereocenters. The third kappa shape index (κ3) is 3.90. The van der Waals surface area contributed by atoms with E-state index in [9.17, 15) is 57.1 Å². The van der Waals surface area contributed by atoms with Crippen LogP contribution in [0, 0.1) is 0 Å². The van der Waals surface area contributed by atoms with E-state index in [-0.39, 0.29) is 0 Å². The van der Waals surface area contributed by atoms with Crippen molar-refractivity contribution < 1.29 is 65.9 Å². The van der Waals surface area contributed by atoms with Crippen molar-refractivity contribution in [3.63, 3.8) is 0 Å². The number of hydrogen-bond acceptors (Lipinski definition) is 2. The smallest absolute Gasteiger partial charge is 0.397 e. The molecule has 1 radical (unpaired) electrons. The van der Waals surface area contributed by atoms with Crippen molar-refractivity contribution in [2.24, 2.45) is 0 Å². The predicted molar refractivity (Wildman–Crippen MR) is 60.0 cm³/mol. The van der Waals surface area contributed by atoms with Crippen LogP contribution in [0.2, 0.25) is 6.04 Å². The third-order valence-electron chi connectivity index (χ3n) is 3.10. The first-order valence-corrected chi connectivity index (χ1v) is 7.66. The van der Waals surface area contributed by atoms with Crippen LogP contribution in [0.4, 0.5) is 57.1 Å². The Kier molecular flexibility index (Phi) is 7.11. The zero-order valence-corrected chi connectivity index (χ0v) is 13.6. The minimum absolute atomic E-state index is 0.848. The molecule has 0 amide bonds. The third-order valence-corrected chi connectivity index (χ3v) is 4.67. The predicted octanol–water partition coefficient (Wildman–Crippen LogP) is 4.90. The molecule has 0 N–H and O–H groups in total. The first kappa shape index (κ1) is 25.2. The Morgan fingerprint density at radius 3 is 1.23 bits per heavy atom. The molecule has 0 aromatic rings. The van der Waals surface area contributed by atoms with Crippen molar-refractivity contribution in [1.29, 1.82) is 0 Å². The maximum absolute atomic E-state index is 13.4. The summed E-state index contributed by atoms with van der Waals surface area (Å²) in [5.74, 6) is -36.7. The van der Waals surface area contributed by atoms with Gasteiger partial charge in [-0.05, 0) is 6.04 Å². The normalized spacial score (nSPS) is 15.7. The molecule has 157 valence electrons. The minimum Gasteiger partial charge on any atom is -0.397 e. The van der Waals surface area contributed by atoms with Crippen molar-refractivity contribution in [3.05, 3.63) is 0 Å². The van der Waals surface area contributed by atoms with Gasteiger partial charge in [-0.1, -0.05) is 0 Å². The quantitative estimate of drug-likeness (QED) is 0.378. The summed E-state index contributed by atoms with van der Waals surface area (Å²) in [4.78, 5) is 0. The van der Waals surface area contributed by atoms with Gasteiger partial charge in [-0.2, -0.15) is 57.1 Å². The highest BCUT2D eigenvalue weighted by molar-refractivity contribution is 6.44. The second kappa shape index (κ2) is 7.33. The number of halogens is 13. The molecule has 26 heavy (non-hydrogen) atoms. The van der Waals surface area contributed by atoms with Crippen LogP contribution in [0.25, 0.3) is 0 Å². The molecular weight excluding hydrogens is 427 g/mol. The van der Waals surface area contributed by atoms with Gasteiger partial charge in [0.05, 0.1) is 0 Å². The van der Waals surface area contributed by atoms with Gasteiger partial charge in [0.25, 0.3) is 0 Å². The molecule has 16 heteroatoms. The van der Waals surface area contributed by atoms with Crippen molar-refractivity contribution in [2.75, 3.05) is 14.2 Å². The van der Waals surface area contributed by atoms with Crippen molar-refractivity contribution >= 4 is 9.28 Å². The molecule has 0 saturated heterocycles. The maximum atomic E-state index is 13.4. The Hall–Kier alpha value is -0.773. The summed E-state index contributed by atoms with van der Waals surface area (Å²) < 4.78 is 175. The van der Waals surface area contributed by atoms with E-state index in [1.54, 1.807) is 0 Å². The van der Waals surface area contributed by atoms with Crippen LogP contribution in [0.3, 0.4) is 0 Å². The standard InChI is InChI=1S/C10H10F13O2Si/c1-24-26(25-2)4-3-5(11,12)6(13,14)7(15,16)8(17,18)9(19,20)10(21,22)23/h3-4H2,1-2H3.